The summed E-state index contributed by atoms with van der Waals surface area (Å²) >= 11 is 1.89. The van der Waals surface area contributed by atoms with Crippen LogP contribution in [0.2, 0.25) is 0 Å². The Hall–Kier alpha value is 0.01000. The van der Waals surface area contributed by atoms with Crippen molar-refractivity contribution >= 4 is 11.8 Å². The molecule has 0 bridgehead atoms. The van der Waals surface area contributed by atoms with Crippen molar-refractivity contribution in [2.75, 3.05) is 19.0 Å². The lowest BCUT2D eigenvalue weighted by Crippen LogP contribution is -2.26. The van der Waals surface area contributed by atoms with Gasteiger partial charge in [-0.05, 0) is 0 Å². The first-order valence-electron chi connectivity index (χ1n) is 4.78. The minimum atomic E-state index is 0.333. The second-order valence-corrected chi connectivity index (χ2v) is 5.01. The topological polar surface area (TPSA) is 18.5 Å². The van der Waals surface area contributed by atoms with Crippen LogP contribution >= 0.6 is 11.8 Å². The fourth-order valence-electron chi connectivity index (χ4n) is 1.99. The van der Waals surface area contributed by atoms with Crippen LogP contribution in [0.3, 0.4) is 0 Å². The number of ether oxygens (including phenoxy) is 2. The van der Waals surface area contributed by atoms with Crippen LogP contribution in [0.5, 0.6) is 0 Å². The maximum Gasteiger partial charge on any atom is 0.0980 e. The largest absolute Gasteiger partial charge is 0.374 e. The van der Waals surface area contributed by atoms with Crippen LogP contribution in [0.1, 0.15) is 6.92 Å². The van der Waals surface area contributed by atoms with E-state index in [-0.39, 0.29) is 0 Å². The van der Waals surface area contributed by atoms with Crippen molar-refractivity contribution in [3.05, 3.63) is 12.7 Å². The van der Waals surface area contributed by atoms with E-state index in [1.807, 2.05) is 17.8 Å². The highest BCUT2D eigenvalue weighted by molar-refractivity contribution is 8.00. The number of rotatable bonds is 3. The van der Waals surface area contributed by atoms with Crippen LogP contribution in [0.4, 0.5) is 0 Å². The molecule has 0 amide bonds. The van der Waals surface area contributed by atoms with E-state index in [2.05, 4.69) is 13.5 Å². The molecule has 2 aliphatic rings. The van der Waals surface area contributed by atoms with Gasteiger partial charge in [0, 0.05) is 11.7 Å². The lowest BCUT2D eigenvalue weighted by atomic mass is 10.0. The molecular formula is C10H16O2S. The van der Waals surface area contributed by atoms with Gasteiger partial charge >= 0.3 is 0 Å². The van der Waals surface area contributed by atoms with Crippen LogP contribution in [-0.4, -0.2) is 36.4 Å². The van der Waals surface area contributed by atoms with Crippen LogP contribution in [-0.2, 0) is 9.47 Å². The van der Waals surface area contributed by atoms with Gasteiger partial charge in [-0.1, -0.05) is 13.0 Å². The van der Waals surface area contributed by atoms with Gasteiger partial charge in [-0.3, -0.25) is 0 Å². The summed E-state index contributed by atoms with van der Waals surface area (Å²) in [7, 11) is 0. The number of hydrogen-bond acceptors (Lipinski definition) is 3. The van der Waals surface area contributed by atoms with Crippen molar-refractivity contribution in [3.8, 4) is 0 Å². The molecule has 2 nitrogen and oxygen atoms in total. The number of thioether (sulfide) groups is 1. The second-order valence-electron chi connectivity index (χ2n) is 3.73. The fourth-order valence-corrected chi connectivity index (χ4v) is 2.97. The highest BCUT2D eigenvalue weighted by atomic mass is 32.2. The first-order valence-corrected chi connectivity index (χ1v) is 5.83. The standard InChI is InChI=1S/C10H16O2S/c1-3-4-13-8-6-12-9-7(2)5-11-10(8)9/h3,7-10H,1,4-6H2,2H3. The molecule has 0 spiro atoms. The molecule has 74 valence electrons. The summed E-state index contributed by atoms with van der Waals surface area (Å²) < 4.78 is 11.4. The van der Waals surface area contributed by atoms with Crippen LogP contribution in [0.25, 0.3) is 0 Å². The predicted octanol–water partition coefficient (Wildman–Crippen LogP) is 1.71. The molecule has 0 aromatic rings. The van der Waals surface area contributed by atoms with Crippen LogP contribution in [0.15, 0.2) is 12.7 Å². The zero-order valence-electron chi connectivity index (χ0n) is 7.94. The van der Waals surface area contributed by atoms with E-state index in [0.29, 0.717) is 23.4 Å². The molecule has 0 aromatic carbocycles. The molecule has 0 radical (unpaired) electrons. The SMILES string of the molecule is C=CCSC1COC2C(C)COC12. The maximum atomic E-state index is 5.72. The van der Waals surface area contributed by atoms with Gasteiger partial charge in [-0.15, -0.1) is 18.3 Å². The lowest BCUT2D eigenvalue weighted by molar-refractivity contribution is 0.0660. The molecule has 2 heterocycles. The third kappa shape index (κ3) is 1.78. The van der Waals surface area contributed by atoms with Crippen LogP contribution < -0.4 is 0 Å². The zero-order chi connectivity index (χ0) is 9.26. The molecule has 2 saturated heterocycles. The summed E-state index contributed by atoms with van der Waals surface area (Å²) in [6, 6.07) is 0. The van der Waals surface area contributed by atoms with Crippen molar-refractivity contribution < 1.29 is 9.47 Å². The Kier molecular flexibility index (Phi) is 2.96. The molecule has 0 aromatic heterocycles. The van der Waals surface area contributed by atoms with Gasteiger partial charge in [0.15, 0.2) is 0 Å². The summed E-state index contributed by atoms with van der Waals surface area (Å²) in [6.07, 6.45) is 2.62. The van der Waals surface area contributed by atoms with Gasteiger partial charge in [0.1, 0.15) is 0 Å². The third-order valence-corrected chi connectivity index (χ3v) is 3.94. The monoisotopic (exact) mass is 200 g/mol. The average Bonchev–Trinajstić information content (AvgIpc) is 2.67. The molecule has 4 atom stereocenters. The summed E-state index contributed by atoms with van der Waals surface area (Å²) in [5.41, 5.74) is 0. The highest BCUT2D eigenvalue weighted by Gasteiger charge is 2.45. The lowest BCUT2D eigenvalue weighted by Gasteiger charge is -2.14. The van der Waals surface area contributed by atoms with Gasteiger partial charge in [0.25, 0.3) is 0 Å². The van der Waals surface area contributed by atoms with Crippen molar-refractivity contribution in [2.24, 2.45) is 5.92 Å². The zero-order valence-corrected chi connectivity index (χ0v) is 8.76. The van der Waals surface area contributed by atoms with Crippen molar-refractivity contribution in [2.45, 2.75) is 24.4 Å². The van der Waals surface area contributed by atoms with Gasteiger partial charge in [-0.2, -0.15) is 0 Å². The van der Waals surface area contributed by atoms with E-state index in [9.17, 15) is 0 Å². The molecule has 2 aliphatic heterocycles. The Labute approximate surface area is 83.7 Å². The minimum absolute atomic E-state index is 0.333. The van der Waals surface area contributed by atoms with E-state index < -0.39 is 0 Å². The Morgan fingerprint density at radius 3 is 2.92 bits per heavy atom. The first kappa shape index (κ1) is 9.56. The van der Waals surface area contributed by atoms with E-state index in [1.54, 1.807) is 0 Å². The smallest absolute Gasteiger partial charge is 0.0980 e. The van der Waals surface area contributed by atoms with Gasteiger partial charge in [0.05, 0.1) is 30.7 Å². The average molecular weight is 200 g/mol. The molecule has 13 heavy (non-hydrogen) atoms. The molecular weight excluding hydrogens is 184 g/mol. The molecule has 2 rings (SSSR count). The highest BCUT2D eigenvalue weighted by Crippen LogP contribution is 2.36. The minimum Gasteiger partial charge on any atom is -0.374 e. The Bertz CT molecular complexity index is 195. The summed E-state index contributed by atoms with van der Waals surface area (Å²) in [6.45, 7) is 7.63. The van der Waals surface area contributed by atoms with Gasteiger partial charge in [-0.25, -0.2) is 0 Å². The number of hydrogen-bond donors (Lipinski definition) is 0. The molecule has 0 N–H and O–H groups in total. The van der Waals surface area contributed by atoms with E-state index in [4.69, 9.17) is 9.47 Å². The van der Waals surface area contributed by atoms with Crippen molar-refractivity contribution in [1.82, 2.24) is 0 Å². The Morgan fingerprint density at radius 2 is 2.15 bits per heavy atom. The Morgan fingerprint density at radius 1 is 1.38 bits per heavy atom. The van der Waals surface area contributed by atoms with Gasteiger partial charge in [0.2, 0.25) is 0 Å². The second kappa shape index (κ2) is 4.03. The van der Waals surface area contributed by atoms with E-state index in [1.165, 1.54) is 0 Å². The fraction of sp³-hybridized carbons (Fsp3) is 0.800. The van der Waals surface area contributed by atoms with E-state index in [0.717, 1.165) is 19.0 Å². The Balaban J connectivity index is 1.90. The summed E-state index contributed by atoms with van der Waals surface area (Å²) in [5.74, 6) is 1.56. The molecule has 4 unspecified atom stereocenters. The van der Waals surface area contributed by atoms with Crippen molar-refractivity contribution in [1.29, 1.82) is 0 Å². The summed E-state index contributed by atoms with van der Waals surface area (Å²) in [4.78, 5) is 0. The van der Waals surface area contributed by atoms with Gasteiger partial charge < -0.3 is 9.47 Å². The quantitative estimate of drug-likeness (QED) is 0.646. The molecule has 3 heteroatoms. The molecule has 0 saturated carbocycles. The maximum absolute atomic E-state index is 5.72. The molecule has 2 fully saturated rings. The predicted molar refractivity (Wildman–Crippen MR) is 55.1 cm³/mol. The number of fused-ring (bicyclic) bond motifs is 1. The van der Waals surface area contributed by atoms with Crippen LogP contribution in [0, 0.1) is 5.92 Å². The normalized spacial score (nSPS) is 43.5. The summed E-state index contributed by atoms with van der Waals surface area (Å²) in [5, 5.41) is 0.521. The third-order valence-electron chi connectivity index (χ3n) is 2.68. The van der Waals surface area contributed by atoms with Crippen molar-refractivity contribution in [3.63, 3.8) is 0 Å². The first-order chi connectivity index (χ1) is 6.33. The molecule has 0 aliphatic carbocycles. The van der Waals surface area contributed by atoms with E-state index >= 15 is 0 Å².